The molecule has 2 unspecified atom stereocenters. The zero-order valence-electron chi connectivity index (χ0n) is 23.0. The maximum atomic E-state index is 12.7. The Hall–Kier alpha value is -0.790. The first-order valence-electron chi connectivity index (χ1n) is 13.3. The molecule has 218 valence electrons. The summed E-state index contributed by atoms with van der Waals surface area (Å²) in [6.45, 7) is 9.00. The summed E-state index contributed by atoms with van der Waals surface area (Å²) in [4.78, 5) is 24.9. The zero-order valence-corrected chi connectivity index (χ0v) is 23.8. The number of aliphatic hydroxyl groups is 5. The molecule has 1 heterocycles. The summed E-state index contributed by atoms with van der Waals surface area (Å²) in [7, 11) is 0. The van der Waals surface area contributed by atoms with Gasteiger partial charge in [0.05, 0.1) is 36.6 Å². The molecule has 0 aromatic heterocycles. The number of hydrogen-bond acceptors (Lipinski definition) is 11. The Morgan fingerprint density at radius 1 is 0.919 bits per heavy atom. The van der Waals surface area contributed by atoms with Crippen molar-refractivity contribution in [1.82, 2.24) is 0 Å². The Morgan fingerprint density at radius 2 is 1.46 bits per heavy atom. The molecular weight excluding hydrogens is 504 g/mol. The molecule has 0 aromatic carbocycles. The van der Waals surface area contributed by atoms with Crippen molar-refractivity contribution in [1.29, 1.82) is 0 Å². The lowest BCUT2D eigenvalue weighted by Crippen LogP contribution is -2.39. The Bertz CT molecular complexity index is 680. The lowest BCUT2D eigenvalue weighted by molar-refractivity contribution is -0.208. The van der Waals surface area contributed by atoms with Gasteiger partial charge in [-0.2, -0.15) is 11.8 Å². The van der Waals surface area contributed by atoms with Crippen molar-refractivity contribution < 1.29 is 49.3 Å². The summed E-state index contributed by atoms with van der Waals surface area (Å²) in [5.74, 6) is -0.789. The third kappa shape index (κ3) is 11.1. The minimum atomic E-state index is -1.35. The van der Waals surface area contributed by atoms with Gasteiger partial charge in [0.2, 0.25) is 0 Å². The summed E-state index contributed by atoms with van der Waals surface area (Å²) in [5, 5.41) is 50.3. The molecule has 0 radical (unpaired) electrons. The van der Waals surface area contributed by atoms with E-state index in [1.807, 2.05) is 34.0 Å². The van der Waals surface area contributed by atoms with Crippen LogP contribution >= 0.6 is 11.8 Å². The number of esters is 1. The number of ketones is 1. The van der Waals surface area contributed by atoms with Gasteiger partial charge in [-0.25, -0.2) is 0 Å². The normalized spacial score (nSPS) is 27.6. The van der Waals surface area contributed by atoms with Crippen molar-refractivity contribution in [2.24, 2.45) is 11.8 Å². The Balaban J connectivity index is 2.73. The van der Waals surface area contributed by atoms with E-state index in [1.165, 1.54) is 11.8 Å². The highest BCUT2D eigenvalue weighted by molar-refractivity contribution is 7.99. The van der Waals surface area contributed by atoms with Crippen LogP contribution in [0.4, 0.5) is 0 Å². The van der Waals surface area contributed by atoms with Crippen molar-refractivity contribution in [3.63, 3.8) is 0 Å². The SMILES string of the molecule is CC[C@@H](C)[C@H](CC(O)CC(=O)C(C)SC)OC(=O)C[C@@H](O)C[C@H](O[C@@H]1O[C@@H](CO)[C@H](O)[C@H]1O)[C@H](C)CC. The zero-order chi connectivity index (χ0) is 28.3. The molecule has 11 heteroatoms. The van der Waals surface area contributed by atoms with Crippen LogP contribution in [0.1, 0.15) is 73.1 Å². The molecule has 0 aromatic rings. The monoisotopic (exact) mass is 552 g/mol. The molecule has 0 saturated carbocycles. The van der Waals surface area contributed by atoms with Crippen LogP contribution in [-0.4, -0.2) is 104 Å². The van der Waals surface area contributed by atoms with Crippen LogP contribution in [0.15, 0.2) is 0 Å². The standard InChI is InChI=1S/C26H48O10S/c1-7-14(3)20(10-17(28)9-19(30)16(5)37-6)34-23(31)12-18(29)11-21(15(4)8-2)35-26-25(33)24(32)22(13-27)36-26/h14-18,20-22,24-29,32-33H,7-13H2,1-6H3/t14-,15-,16?,17?,18+,20+,21+,22+,24+,25-,26-/m1/s1. The molecule has 1 aliphatic heterocycles. The van der Waals surface area contributed by atoms with E-state index < -0.39 is 61.6 Å². The van der Waals surface area contributed by atoms with Crippen LogP contribution in [-0.2, 0) is 23.8 Å². The average molecular weight is 553 g/mol. The number of thioether (sulfide) groups is 1. The van der Waals surface area contributed by atoms with Crippen LogP contribution in [0.3, 0.4) is 0 Å². The summed E-state index contributed by atoms with van der Waals surface area (Å²) in [5.41, 5.74) is 0. The minimum Gasteiger partial charge on any atom is -0.462 e. The largest absolute Gasteiger partial charge is 0.462 e. The smallest absolute Gasteiger partial charge is 0.308 e. The highest BCUT2D eigenvalue weighted by Gasteiger charge is 2.44. The Kier molecular flexibility index (Phi) is 15.7. The molecule has 0 spiro atoms. The van der Waals surface area contributed by atoms with Crippen molar-refractivity contribution in [2.45, 2.75) is 127 Å². The van der Waals surface area contributed by atoms with Gasteiger partial charge in [0.1, 0.15) is 30.2 Å². The third-order valence-corrected chi connectivity index (χ3v) is 8.27. The van der Waals surface area contributed by atoms with Gasteiger partial charge in [-0.15, -0.1) is 0 Å². The Labute approximate surface area is 225 Å². The predicted octanol–water partition coefficient (Wildman–Crippen LogP) is 1.42. The van der Waals surface area contributed by atoms with E-state index in [1.54, 1.807) is 6.92 Å². The predicted molar refractivity (Wildman–Crippen MR) is 140 cm³/mol. The van der Waals surface area contributed by atoms with Gasteiger partial charge in [-0.1, -0.05) is 40.5 Å². The van der Waals surface area contributed by atoms with Gasteiger partial charge in [0, 0.05) is 19.3 Å². The number of hydrogen-bond donors (Lipinski definition) is 5. The van der Waals surface area contributed by atoms with Crippen molar-refractivity contribution in [3.05, 3.63) is 0 Å². The molecular formula is C26H48O10S. The van der Waals surface area contributed by atoms with Crippen molar-refractivity contribution >= 4 is 23.5 Å². The highest BCUT2D eigenvalue weighted by atomic mass is 32.2. The number of rotatable bonds is 18. The number of Topliss-reactive ketones (excluding diaryl/α,β-unsaturated/α-hetero) is 1. The van der Waals surface area contributed by atoms with Gasteiger partial charge in [0.25, 0.3) is 0 Å². The molecule has 0 amide bonds. The molecule has 0 aliphatic carbocycles. The van der Waals surface area contributed by atoms with E-state index in [9.17, 15) is 35.1 Å². The molecule has 11 atom stereocenters. The summed E-state index contributed by atoms with van der Waals surface area (Å²) < 4.78 is 16.9. The molecule has 1 rings (SSSR count). The average Bonchev–Trinajstić information content (AvgIpc) is 3.13. The van der Waals surface area contributed by atoms with Crippen LogP contribution in [0, 0.1) is 11.8 Å². The van der Waals surface area contributed by atoms with Gasteiger partial charge in [-0.3, -0.25) is 9.59 Å². The minimum absolute atomic E-state index is 0.00995. The lowest BCUT2D eigenvalue weighted by Gasteiger charge is -2.30. The number of aliphatic hydroxyl groups excluding tert-OH is 5. The van der Waals surface area contributed by atoms with E-state index in [0.717, 1.165) is 0 Å². The first kappa shape index (κ1) is 34.2. The Morgan fingerprint density at radius 3 is 1.97 bits per heavy atom. The van der Waals surface area contributed by atoms with Crippen LogP contribution < -0.4 is 0 Å². The fraction of sp³-hybridized carbons (Fsp3) is 0.923. The van der Waals surface area contributed by atoms with Crippen LogP contribution in [0.2, 0.25) is 0 Å². The van der Waals surface area contributed by atoms with Crippen molar-refractivity contribution in [3.8, 4) is 0 Å². The molecule has 5 N–H and O–H groups in total. The number of ether oxygens (including phenoxy) is 3. The lowest BCUT2D eigenvalue weighted by atomic mass is 9.94. The highest BCUT2D eigenvalue weighted by Crippen LogP contribution is 2.28. The van der Waals surface area contributed by atoms with Crippen LogP contribution in [0.5, 0.6) is 0 Å². The van der Waals surface area contributed by atoms with Gasteiger partial charge < -0.3 is 39.7 Å². The van der Waals surface area contributed by atoms with Crippen molar-refractivity contribution in [2.75, 3.05) is 12.9 Å². The van der Waals surface area contributed by atoms with E-state index in [0.29, 0.717) is 12.8 Å². The fourth-order valence-corrected chi connectivity index (χ4v) is 4.50. The van der Waals surface area contributed by atoms with Crippen LogP contribution in [0.25, 0.3) is 0 Å². The fourth-order valence-electron chi connectivity index (χ4n) is 4.14. The summed E-state index contributed by atoms with van der Waals surface area (Å²) >= 11 is 1.41. The molecule has 1 saturated heterocycles. The summed E-state index contributed by atoms with van der Waals surface area (Å²) in [6, 6.07) is 0. The van der Waals surface area contributed by atoms with Gasteiger partial charge in [-0.05, 0) is 25.0 Å². The second kappa shape index (κ2) is 17.0. The first-order chi connectivity index (χ1) is 17.4. The molecule has 1 fully saturated rings. The van der Waals surface area contributed by atoms with E-state index >= 15 is 0 Å². The molecule has 1 aliphatic rings. The molecule has 0 bridgehead atoms. The maximum Gasteiger partial charge on any atom is 0.308 e. The number of carbonyl (C=O) groups excluding carboxylic acids is 2. The second-order valence-electron chi connectivity index (χ2n) is 10.2. The third-order valence-electron chi connectivity index (χ3n) is 7.30. The van der Waals surface area contributed by atoms with E-state index in [-0.39, 0.29) is 48.6 Å². The molecule has 10 nitrogen and oxygen atoms in total. The van der Waals surface area contributed by atoms with Gasteiger partial charge in [0.15, 0.2) is 6.29 Å². The maximum absolute atomic E-state index is 12.7. The summed E-state index contributed by atoms with van der Waals surface area (Å²) in [6.07, 6.45) is -4.88. The van der Waals surface area contributed by atoms with E-state index in [4.69, 9.17) is 14.2 Å². The topological polar surface area (TPSA) is 163 Å². The first-order valence-corrected chi connectivity index (χ1v) is 14.6. The van der Waals surface area contributed by atoms with Gasteiger partial charge >= 0.3 is 5.97 Å². The molecule has 37 heavy (non-hydrogen) atoms. The number of carbonyl (C=O) groups is 2. The van der Waals surface area contributed by atoms with E-state index in [2.05, 4.69) is 0 Å². The second-order valence-corrected chi connectivity index (χ2v) is 11.4. The quantitative estimate of drug-likeness (QED) is 0.156.